The third-order valence-electron chi connectivity index (χ3n) is 2.55. The Labute approximate surface area is 90.2 Å². The van der Waals surface area contributed by atoms with Gasteiger partial charge in [-0.25, -0.2) is 4.79 Å². The second-order valence-electron chi connectivity index (χ2n) is 3.48. The molecule has 2 unspecified atom stereocenters. The molecule has 0 fully saturated rings. The van der Waals surface area contributed by atoms with E-state index in [1.807, 2.05) is 0 Å². The molecule has 1 aliphatic carbocycles. The van der Waals surface area contributed by atoms with E-state index in [1.165, 1.54) is 18.2 Å². The predicted octanol–water partition coefficient (Wildman–Crippen LogP) is 2.15. The number of carbonyl (C=O) groups is 1. The molecule has 1 N–H and O–H groups in total. The number of hydrogen-bond donors (Lipinski definition) is 1. The van der Waals surface area contributed by atoms with Crippen molar-refractivity contribution in [2.75, 3.05) is 7.11 Å². The highest BCUT2D eigenvalue weighted by Gasteiger charge is 2.60. The predicted molar refractivity (Wildman–Crippen MR) is 49.8 cm³/mol. The van der Waals surface area contributed by atoms with Crippen molar-refractivity contribution in [3.63, 3.8) is 0 Å². The number of alkyl halides is 3. The summed E-state index contributed by atoms with van der Waals surface area (Å²) in [5.74, 6) is -1.63. The lowest BCUT2D eigenvalue weighted by Crippen LogP contribution is -2.51. The summed E-state index contributed by atoms with van der Waals surface area (Å²) >= 11 is 0. The van der Waals surface area contributed by atoms with Crippen molar-refractivity contribution in [3.05, 3.63) is 24.3 Å². The van der Waals surface area contributed by atoms with Crippen LogP contribution in [0.1, 0.15) is 6.42 Å². The molecular weight excluding hydrogens is 225 g/mol. The molecule has 0 radical (unpaired) electrons. The fourth-order valence-corrected chi connectivity index (χ4v) is 1.72. The molecular formula is C10H11F3O3. The fraction of sp³-hybridized carbons (Fsp3) is 0.500. The zero-order valence-corrected chi connectivity index (χ0v) is 8.49. The summed E-state index contributed by atoms with van der Waals surface area (Å²) in [4.78, 5) is 10.8. The van der Waals surface area contributed by atoms with E-state index in [1.54, 1.807) is 0 Å². The van der Waals surface area contributed by atoms with Crippen molar-refractivity contribution >= 4 is 5.97 Å². The van der Waals surface area contributed by atoms with E-state index in [4.69, 9.17) is 5.11 Å². The van der Waals surface area contributed by atoms with Gasteiger partial charge in [0, 0.05) is 7.11 Å². The van der Waals surface area contributed by atoms with Crippen LogP contribution in [0.15, 0.2) is 24.3 Å². The van der Waals surface area contributed by atoms with Crippen LogP contribution >= 0.6 is 0 Å². The van der Waals surface area contributed by atoms with E-state index in [0.29, 0.717) is 0 Å². The average Bonchev–Trinajstić information content (AvgIpc) is 2.18. The Morgan fingerprint density at radius 3 is 2.44 bits per heavy atom. The number of ether oxygens (including phenoxy) is 1. The first-order valence-corrected chi connectivity index (χ1v) is 4.52. The van der Waals surface area contributed by atoms with E-state index >= 15 is 0 Å². The minimum absolute atomic E-state index is 0.433. The zero-order valence-electron chi connectivity index (χ0n) is 8.49. The third-order valence-corrected chi connectivity index (χ3v) is 2.55. The number of rotatable bonds is 3. The normalized spacial score (nSPS) is 26.8. The zero-order chi connectivity index (χ0) is 12.4. The van der Waals surface area contributed by atoms with E-state index in [2.05, 4.69) is 4.74 Å². The first kappa shape index (κ1) is 12.8. The summed E-state index contributed by atoms with van der Waals surface area (Å²) in [6, 6.07) is 0. The molecule has 0 aromatic carbocycles. The number of aliphatic carboxylic acids is 1. The Balaban J connectivity index is 3.19. The molecule has 1 rings (SSSR count). The number of methoxy groups -OCH3 is 1. The first-order valence-electron chi connectivity index (χ1n) is 4.52. The lowest BCUT2D eigenvalue weighted by atomic mass is 9.75. The lowest BCUT2D eigenvalue weighted by Gasteiger charge is -2.37. The molecule has 0 saturated carbocycles. The van der Waals surface area contributed by atoms with Crippen molar-refractivity contribution in [2.24, 2.45) is 5.41 Å². The van der Waals surface area contributed by atoms with Gasteiger partial charge in [-0.1, -0.05) is 24.3 Å². The lowest BCUT2D eigenvalue weighted by molar-refractivity contribution is -0.241. The number of halogens is 3. The maximum Gasteiger partial charge on any atom is 0.401 e. The smallest absolute Gasteiger partial charge is 0.401 e. The van der Waals surface area contributed by atoms with Crippen molar-refractivity contribution in [3.8, 4) is 0 Å². The van der Waals surface area contributed by atoms with Crippen molar-refractivity contribution < 1.29 is 27.8 Å². The Kier molecular flexibility index (Phi) is 3.42. The number of carboxylic acids is 1. The SMILES string of the molecule is COC(C(=O)O)C1(C(F)(F)F)C=CC=CC1. The van der Waals surface area contributed by atoms with Gasteiger partial charge in [0.1, 0.15) is 5.41 Å². The van der Waals surface area contributed by atoms with Gasteiger partial charge < -0.3 is 9.84 Å². The summed E-state index contributed by atoms with van der Waals surface area (Å²) in [6.07, 6.45) is -2.29. The van der Waals surface area contributed by atoms with Crippen LogP contribution in [-0.4, -0.2) is 30.5 Å². The van der Waals surface area contributed by atoms with Gasteiger partial charge in [-0.15, -0.1) is 0 Å². The van der Waals surface area contributed by atoms with Crippen molar-refractivity contribution in [1.82, 2.24) is 0 Å². The summed E-state index contributed by atoms with van der Waals surface area (Å²) < 4.78 is 43.4. The maximum absolute atomic E-state index is 13.0. The van der Waals surface area contributed by atoms with E-state index in [0.717, 1.165) is 13.2 Å². The van der Waals surface area contributed by atoms with Crippen LogP contribution in [0, 0.1) is 5.41 Å². The molecule has 0 bridgehead atoms. The Bertz CT molecular complexity index is 333. The largest absolute Gasteiger partial charge is 0.479 e. The quantitative estimate of drug-likeness (QED) is 0.816. The molecule has 1 aliphatic rings. The second kappa shape index (κ2) is 4.29. The first-order chi connectivity index (χ1) is 7.35. The summed E-state index contributed by atoms with van der Waals surface area (Å²) in [7, 11) is 0.957. The topological polar surface area (TPSA) is 46.5 Å². The highest BCUT2D eigenvalue weighted by atomic mass is 19.4. The Morgan fingerprint density at radius 1 is 1.50 bits per heavy atom. The van der Waals surface area contributed by atoms with Crippen LogP contribution in [0.4, 0.5) is 13.2 Å². The average molecular weight is 236 g/mol. The van der Waals surface area contributed by atoms with Gasteiger partial charge in [0.05, 0.1) is 0 Å². The van der Waals surface area contributed by atoms with Gasteiger partial charge in [0.25, 0.3) is 0 Å². The van der Waals surface area contributed by atoms with Gasteiger partial charge in [0.15, 0.2) is 6.10 Å². The van der Waals surface area contributed by atoms with Gasteiger partial charge in [0.2, 0.25) is 0 Å². The minimum Gasteiger partial charge on any atom is -0.479 e. The van der Waals surface area contributed by atoms with E-state index in [-0.39, 0.29) is 0 Å². The van der Waals surface area contributed by atoms with Gasteiger partial charge in [-0.2, -0.15) is 13.2 Å². The van der Waals surface area contributed by atoms with Gasteiger partial charge >= 0.3 is 12.1 Å². The van der Waals surface area contributed by atoms with Crippen LogP contribution in [-0.2, 0) is 9.53 Å². The molecule has 0 spiro atoms. The molecule has 3 nitrogen and oxygen atoms in total. The van der Waals surface area contributed by atoms with Crippen LogP contribution in [0.3, 0.4) is 0 Å². The summed E-state index contributed by atoms with van der Waals surface area (Å²) in [5, 5.41) is 8.77. The molecule has 90 valence electrons. The highest BCUT2D eigenvalue weighted by Crippen LogP contribution is 2.47. The Morgan fingerprint density at radius 2 is 2.12 bits per heavy atom. The molecule has 16 heavy (non-hydrogen) atoms. The summed E-state index contributed by atoms with van der Waals surface area (Å²) in [5.41, 5.74) is -2.48. The Hall–Kier alpha value is -1.30. The van der Waals surface area contributed by atoms with E-state index in [9.17, 15) is 18.0 Å². The summed E-state index contributed by atoms with van der Waals surface area (Å²) in [6.45, 7) is 0. The maximum atomic E-state index is 13.0. The van der Waals surface area contributed by atoms with Gasteiger partial charge in [-0.05, 0) is 6.42 Å². The van der Waals surface area contributed by atoms with Crippen LogP contribution in [0.25, 0.3) is 0 Å². The minimum atomic E-state index is -4.67. The third kappa shape index (κ3) is 1.97. The molecule has 0 aliphatic heterocycles. The van der Waals surface area contributed by atoms with Gasteiger partial charge in [-0.3, -0.25) is 0 Å². The van der Waals surface area contributed by atoms with Crippen molar-refractivity contribution in [2.45, 2.75) is 18.7 Å². The fourth-order valence-electron chi connectivity index (χ4n) is 1.72. The van der Waals surface area contributed by atoms with Crippen LogP contribution in [0.5, 0.6) is 0 Å². The monoisotopic (exact) mass is 236 g/mol. The van der Waals surface area contributed by atoms with Crippen molar-refractivity contribution in [1.29, 1.82) is 0 Å². The molecule has 0 heterocycles. The number of carboxylic acid groups (broad SMARTS) is 1. The standard InChI is InChI=1S/C10H11F3O3/c1-16-7(8(14)15)9(10(11,12)13)5-3-2-4-6-9/h2-5,7H,6H2,1H3,(H,14,15). The van der Waals surface area contributed by atoms with E-state index < -0.39 is 30.1 Å². The molecule has 0 amide bonds. The molecule has 0 aromatic heterocycles. The molecule has 6 heteroatoms. The highest BCUT2D eigenvalue weighted by molar-refractivity contribution is 5.74. The van der Waals surface area contributed by atoms with Crippen LogP contribution in [0.2, 0.25) is 0 Å². The number of allylic oxidation sites excluding steroid dienone is 3. The second-order valence-corrected chi connectivity index (χ2v) is 3.48. The molecule has 0 saturated heterocycles. The molecule has 0 aromatic rings. The number of hydrogen-bond acceptors (Lipinski definition) is 2. The van der Waals surface area contributed by atoms with Crippen LogP contribution < -0.4 is 0 Å². The molecule has 2 atom stereocenters.